The maximum absolute atomic E-state index is 10.7. The van der Waals surface area contributed by atoms with Crippen LogP contribution >= 0.6 is 7.51 Å². The van der Waals surface area contributed by atoms with E-state index < -0.39 is 19.4 Å². The van der Waals surface area contributed by atoms with E-state index in [4.69, 9.17) is 19.3 Å². The molecule has 154 valence electrons. The van der Waals surface area contributed by atoms with Crippen molar-refractivity contribution in [2.24, 2.45) is 4.74 Å². The van der Waals surface area contributed by atoms with Crippen LogP contribution in [0.3, 0.4) is 0 Å². The predicted molar refractivity (Wildman–Crippen MR) is 111 cm³/mol. The second kappa shape index (κ2) is 11.1. The highest BCUT2D eigenvalue weighted by atomic mass is 31.2. The first kappa shape index (κ1) is 25.2. The largest absolute Gasteiger partial charge is 0.481 e. The Bertz CT molecular complexity index is 765. The minimum atomic E-state index is -2.59. The normalized spacial score (nSPS) is 10.1. The number of aliphatic carboxylic acids is 2. The third kappa shape index (κ3) is 7.84. The Hall–Kier alpha value is -2.79. The second-order valence-electron chi connectivity index (χ2n) is 5.61. The van der Waals surface area contributed by atoms with Crippen molar-refractivity contribution in [2.75, 3.05) is 13.7 Å². The average molecular weight is 409 g/mol. The number of carboxylic acids is 2. The molecule has 0 radical (unpaired) electrons. The van der Waals surface area contributed by atoms with E-state index in [1.165, 1.54) is 0 Å². The molecule has 0 spiro atoms. The quantitative estimate of drug-likeness (QED) is 0.597. The van der Waals surface area contributed by atoms with Gasteiger partial charge in [-0.1, -0.05) is 39.1 Å². The van der Waals surface area contributed by atoms with Crippen LogP contribution in [0.15, 0.2) is 53.3 Å². The highest BCUT2D eigenvalue weighted by molar-refractivity contribution is 7.56. The molecule has 0 aliphatic heterocycles. The van der Waals surface area contributed by atoms with Gasteiger partial charge in [0.05, 0.1) is 12.8 Å². The van der Waals surface area contributed by atoms with Crippen molar-refractivity contribution in [3.63, 3.8) is 0 Å². The lowest BCUT2D eigenvalue weighted by molar-refractivity contribution is -0.137. The summed E-state index contributed by atoms with van der Waals surface area (Å²) in [6.45, 7) is 1.75. The van der Waals surface area contributed by atoms with Gasteiger partial charge in [-0.2, -0.15) is 0 Å². The summed E-state index contributed by atoms with van der Waals surface area (Å²) in [6.07, 6.45) is -0.103. The third-order valence-corrected chi connectivity index (χ3v) is 5.30. The van der Waals surface area contributed by atoms with Gasteiger partial charge in [0.15, 0.2) is 0 Å². The van der Waals surface area contributed by atoms with Gasteiger partial charge in [-0.05, 0) is 35.4 Å². The fourth-order valence-corrected chi connectivity index (χ4v) is 3.40. The van der Waals surface area contributed by atoms with Gasteiger partial charge >= 0.3 is 19.4 Å². The molecule has 0 heterocycles. The van der Waals surface area contributed by atoms with Crippen LogP contribution in [-0.2, 0) is 22.4 Å². The fourth-order valence-electron chi connectivity index (χ4n) is 2.18. The molecule has 0 saturated heterocycles. The van der Waals surface area contributed by atoms with Crippen LogP contribution in [0.2, 0.25) is 0 Å². The lowest BCUT2D eigenvalue weighted by Gasteiger charge is -2.21. The smallest absolute Gasteiger partial charge is 0.310 e. The minimum Gasteiger partial charge on any atom is -0.481 e. The van der Waals surface area contributed by atoms with E-state index in [1.807, 2.05) is 0 Å². The van der Waals surface area contributed by atoms with Crippen LogP contribution in [0.5, 0.6) is 11.5 Å². The zero-order valence-electron chi connectivity index (χ0n) is 14.5. The van der Waals surface area contributed by atoms with Gasteiger partial charge < -0.3 is 19.3 Å². The van der Waals surface area contributed by atoms with E-state index in [1.54, 1.807) is 62.2 Å². The Labute approximate surface area is 166 Å². The SMILES string of the molecule is C.C.CN=P(C)(Oc1ccc(CC(=O)O)cc1)Oc1ccc(CC(=O)O)cc1. The van der Waals surface area contributed by atoms with Gasteiger partial charge in [-0.15, -0.1) is 0 Å². The number of carboxylic acid groups (broad SMARTS) is 2. The lowest BCUT2D eigenvalue weighted by Crippen LogP contribution is -2.02. The molecule has 0 saturated carbocycles. The Morgan fingerprint density at radius 2 is 1.14 bits per heavy atom. The van der Waals surface area contributed by atoms with Gasteiger partial charge in [-0.25, -0.2) is 4.74 Å². The highest BCUT2D eigenvalue weighted by Crippen LogP contribution is 2.47. The van der Waals surface area contributed by atoms with Gasteiger partial charge in [0.1, 0.15) is 11.5 Å². The average Bonchev–Trinajstić information content (AvgIpc) is 2.57. The topological polar surface area (TPSA) is 105 Å². The second-order valence-corrected chi connectivity index (χ2v) is 7.99. The van der Waals surface area contributed by atoms with Gasteiger partial charge in [0.2, 0.25) is 0 Å². The lowest BCUT2D eigenvalue weighted by atomic mass is 10.1. The number of benzene rings is 2. The molecule has 0 aliphatic carbocycles. The summed E-state index contributed by atoms with van der Waals surface area (Å²) in [5, 5.41) is 17.6. The summed E-state index contributed by atoms with van der Waals surface area (Å²) >= 11 is 0. The summed E-state index contributed by atoms with van der Waals surface area (Å²) in [4.78, 5) is 21.4. The standard InChI is InChI=1S/C18H20NO6P.2CH4/c1-19-26(2,24-15-7-3-13(4-8-15)11-17(20)21)25-16-9-5-14(6-10-16)12-18(22)23;;/h3-10H,11-12H2,1-2H3,(H,20,21)(H,22,23);2*1H4. The first-order chi connectivity index (χ1) is 12.3. The highest BCUT2D eigenvalue weighted by Gasteiger charge is 2.17. The number of carbonyl (C=O) groups is 2. The summed E-state index contributed by atoms with van der Waals surface area (Å²) in [5.74, 6) is -0.727. The zero-order chi connectivity index (χ0) is 19.2. The monoisotopic (exact) mass is 409 g/mol. The molecule has 2 aromatic rings. The van der Waals surface area contributed by atoms with E-state index in [0.29, 0.717) is 22.6 Å². The minimum absolute atomic E-state index is 0. The van der Waals surface area contributed by atoms with Crippen molar-refractivity contribution in [1.29, 1.82) is 0 Å². The maximum Gasteiger partial charge on any atom is 0.310 e. The first-order valence-electron chi connectivity index (χ1n) is 7.78. The van der Waals surface area contributed by atoms with Crippen LogP contribution in [0.25, 0.3) is 0 Å². The maximum atomic E-state index is 10.7. The molecular formula is C20H28NO6P. The van der Waals surface area contributed by atoms with Crippen molar-refractivity contribution in [2.45, 2.75) is 27.7 Å². The Kier molecular flexibility index (Phi) is 10.0. The zero-order valence-corrected chi connectivity index (χ0v) is 15.3. The van der Waals surface area contributed by atoms with Gasteiger partial charge in [0.25, 0.3) is 0 Å². The summed E-state index contributed by atoms with van der Waals surface area (Å²) in [7, 11) is -0.984. The summed E-state index contributed by atoms with van der Waals surface area (Å²) in [5.41, 5.74) is 1.35. The van der Waals surface area contributed by atoms with E-state index >= 15 is 0 Å². The molecule has 2 N–H and O–H groups in total. The molecule has 0 unspecified atom stereocenters. The molecule has 0 amide bonds. The van der Waals surface area contributed by atoms with Gasteiger partial charge in [-0.3, -0.25) is 9.59 Å². The summed E-state index contributed by atoms with van der Waals surface area (Å²) in [6, 6.07) is 13.5. The molecule has 28 heavy (non-hydrogen) atoms. The molecule has 0 aliphatic rings. The molecule has 0 atom stereocenters. The molecule has 2 rings (SSSR count). The van der Waals surface area contributed by atoms with Crippen LogP contribution in [-0.4, -0.2) is 35.9 Å². The molecular weight excluding hydrogens is 381 g/mol. The Morgan fingerprint density at radius 3 is 1.39 bits per heavy atom. The molecule has 8 heteroatoms. The van der Waals surface area contributed by atoms with Crippen LogP contribution in [0.1, 0.15) is 26.0 Å². The first-order valence-corrected chi connectivity index (χ1v) is 9.80. The Balaban J connectivity index is 0.00000364. The predicted octanol–water partition coefficient (Wildman–Crippen LogP) is 4.96. The van der Waals surface area contributed by atoms with Crippen LogP contribution in [0, 0.1) is 0 Å². The van der Waals surface area contributed by atoms with Crippen LogP contribution < -0.4 is 9.05 Å². The number of nitrogens with zero attached hydrogens (tertiary/aromatic N) is 1. The third-order valence-electron chi connectivity index (χ3n) is 3.47. The summed E-state index contributed by atoms with van der Waals surface area (Å²) < 4.78 is 16.0. The molecule has 7 nitrogen and oxygen atoms in total. The van der Waals surface area contributed by atoms with E-state index in [2.05, 4.69) is 4.74 Å². The van der Waals surface area contributed by atoms with Crippen LogP contribution in [0.4, 0.5) is 0 Å². The molecule has 0 aromatic heterocycles. The van der Waals surface area contributed by atoms with Crippen molar-refractivity contribution in [3.8, 4) is 11.5 Å². The molecule has 2 aromatic carbocycles. The van der Waals surface area contributed by atoms with Gasteiger partial charge in [0, 0.05) is 13.7 Å². The van der Waals surface area contributed by atoms with Crippen molar-refractivity contribution in [1.82, 2.24) is 0 Å². The fraction of sp³-hybridized carbons (Fsp3) is 0.300. The van der Waals surface area contributed by atoms with E-state index in [-0.39, 0.29) is 27.7 Å². The van der Waals surface area contributed by atoms with Crippen molar-refractivity contribution in [3.05, 3.63) is 59.7 Å². The van der Waals surface area contributed by atoms with E-state index in [0.717, 1.165) is 0 Å². The van der Waals surface area contributed by atoms with E-state index in [9.17, 15) is 9.59 Å². The van der Waals surface area contributed by atoms with Crippen molar-refractivity contribution >= 4 is 19.4 Å². The number of hydrogen-bond acceptors (Lipinski definition) is 5. The Morgan fingerprint density at radius 1 is 0.821 bits per heavy atom. The number of hydrogen-bond donors (Lipinski definition) is 2. The number of rotatable bonds is 8. The molecule has 0 bridgehead atoms. The molecule has 0 fully saturated rings. The van der Waals surface area contributed by atoms with Crippen molar-refractivity contribution < 1.29 is 28.8 Å².